The van der Waals surface area contributed by atoms with Crippen LogP contribution in [0.25, 0.3) is 33.8 Å². The van der Waals surface area contributed by atoms with Gasteiger partial charge in [-0.3, -0.25) is 10.00 Å². The van der Waals surface area contributed by atoms with E-state index in [4.69, 9.17) is 25.9 Å². The molecule has 0 aliphatic carbocycles. The van der Waals surface area contributed by atoms with E-state index in [1.165, 1.54) is 7.05 Å². The van der Waals surface area contributed by atoms with Gasteiger partial charge in [0.2, 0.25) is 0 Å². The molecule has 2 aromatic heterocycles. The van der Waals surface area contributed by atoms with E-state index >= 15 is 0 Å². The van der Waals surface area contributed by atoms with E-state index in [1.807, 2.05) is 55.3 Å². The lowest BCUT2D eigenvalue weighted by Crippen LogP contribution is -2.38. The van der Waals surface area contributed by atoms with Crippen molar-refractivity contribution in [3.63, 3.8) is 0 Å². The van der Waals surface area contributed by atoms with Gasteiger partial charge in [-0.1, -0.05) is 23.7 Å². The van der Waals surface area contributed by atoms with Crippen molar-refractivity contribution < 1.29 is 14.3 Å². The number of benzene rings is 2. The topological polar surface area (TPSA) is 122 Å². The molecule has 3 heterocycles. The van der Waals surface area contributed by atoms with Gasteiger partial charge in [0.1, 0.15) is 24.8 Å². The summed E-state index contributed by atoms with van der Waals surface area (Å²) in [4.78, 5) is 18.2. The van der Waals surface area contributed by atoms with Crippen LogP contribution < -0.4 is 10.5 Å². The lowest BCUT2D eigenvalue weighted by atomic mass is 10.1. The largest absolute Gasteiger partial charge is 0.491 e. The van der Waals surface area contributed by atoms with Crippen LogP contribution in [0.4, 0.5) is 0 Å². The predicted octanol–water partition coefficient (Wildman–Crippen LogP) is 3.37. The van der Waals surface area contributed by atoms with Gasteiger partial charge in [-0.2, -0.15) is 5.10 Å². The molecule has 1 aliphatic heterocycles. The molecule has 4 aromatic rings. The van der Waals surface area contributed by atoms with Crippen LogP contribution >= 0.6 is 11.6 Å². The number of H-pyrrole nitrogens is 2. The van der Waals surface area contributed by atoms with E-state index in [-0.39, 0.29) is 0 Å². The maximum Gasteiger partial charge on any atom is 0.156 e. The molecule has 9 nitrogen and oxygen atoms in total. The number of nitrogens with one attached hydrogen (secondary N) is 2. The number of halogens is 1. The summed E-state index contributed by atoms with van der Waals surface area (Å²) < 4.78 is 11.2. The number of nitrogens with zero attached hydrogens (tertiary/aromatic N) is 3. The number of fused-ring (bicyclic) bond motifs is 1. The average Bonchev–Trinajstić information content (AvgIpc) is 3.56. The maximum absolute atomic E-state index is 8.00. The van der Waals surface area contributed by atoms with Gasteiger partial charge in [0.05, 0.1) is 35.0 Å². The van der Waals surface area contributed by atoms with E-state index in [0.717, 1.165) is 66.7 Å². The Bertz CT molecular complexity index is 1140. The third-order valence-electron chi connectivity index (χ3n) is 5.22. The van der Waals surface area contributed by atoms with Crippen LogP contribution in [0.2, 0.25) is 5.02 Å². The van der Waals surface area contributed by atoms with Gasteiger partial charge < -0.3 is 25.0 Å². The first kappa shape index (κ1) is 25.4. The van der Waals surface area contributed by atoms with Crippen LogP contribution in [0.3, 0.4) is 0 Å². The number of morpholine rings is 1. The predicted molar refractivity (Wildman–Crippen MR) is 134 cm³/mol. The number of aromatic nitrogens is 4. The number of hydrogen-bond donors (Lipinski definition) is 3. The third kappa shape index (κ3) is 6.21. The SMILES string of the molecule is C=O.CN.Clc1cc(-c2cc(-c3nc4ccccc4[nH]3)[nH]n2)ccc1OCCN1CCOCC1. The fourth-order valence-corrected chi connectivity index (χ4v) is 3.79. The van der Waals surface area contributed by atoms with Gasteiger partial charge in [-0.25, -0.2) is 4.98 Å². The second kappa shape index (κ2) is 12.9. The van der Waals surface area contributed by atoms with Crippen molar-refractivity contribution >= 4 is 29.4 Å². The number of carbonyl (C=O) groups excluding carboxylic acids is 1. The fraction of sp³-hybridized carbons (Fsp3) is 0.292. The van der Waals surface area contributed by atoms with Gasteiger partial charge in [0.25, 0.3) is 0 Å². The number of aromatic amines is 2. The monoisotopic (exact) mass is 484 g/mol. The second-order valence-corrected chi connectivity index (χ2v) is 7.62. The molecule has 0 spiro atoms. The summed E-state index contributed by atoms with van der Waals surface area (Å²) >= 11 is 6.46. The highest BCUT2D eigenvalue weighted by Gasteiger charge is 2.13. The summed E-state index contributed by atoms with van der Waals surface area (Å²) in [6.07, 6.45) is 0. The Hall–Kier alpha value is -3.24. The quantitative estimate of drug-likeness (QED) is 0.383. The number of ether oxygens (including phenoxy) is 2. The van der Waals surface area contributed by atoms with Crippen molar-refractivity contribution in [3.8, 4) is 28.5 Å². The Kier molecular flexibility index (Phi) is 9.60. The lowest BCUT2D eigenvalue weighted by Gasteiger charge is -2.26. The lowest BCUT2D eigenvalue weighted by molar-refractivity contribution is -0.0979. The molecular weight excluding hydrogens is 456 g/mol. The number of imidazole rings is 1. The summed E-state index contributed by atoms with van der Waals surface area (Å²) in [5.74, 6) is 1.44. The van der Waals surface area contributed by atoms with Gasteiger partial charge in [0.15, 0.2) is 5.82 Å². The molecule has 0 atom stereocenters. The van der Waals surface area contributed by atoms with Crippen molar-refractivity contribution in [2.45, 2.75) is 0 Å². The maximum atomic E-state index is 8.00. The summed E-state index contributed by atoms with van der Waals surface area (Å²) in [6.45, 7) is 6.93. The number of hydrogen-bond acceptors (Lipinski definition) is 7. The van der Waals surface area contributed by atoms with Crippen molar-refractivity contribution in [2.75, 3.05) is 46.5 Å². The van der Waals surface area contributed by atoms with Gasteiger partial charge in [0, 0.05) is 25.2 Å². The zero-order valence-corrected chi connectivity index (χ0v) is 19.8. The standard InChI is InChI=1S/C22H22ClN5O2.CH5N.CH2O/c23-16-13-15(5-6-21(16)30-12-9-28-7-10-29-11-8-28)19-14-20(27-26-19)22-24-17-3-1-2-4-18(17)25-22;2*1-2/h1-6,13-14H,7-12H2,(H,24,25)(H,26,27);2H2,1H3;1H2. The first-order chi connectivity index (χ1) is 16.8. The molecule has 4 N–H and O–H groups in total. The van der Waals surface area contributed by atoms with Crippen LogP contribution in [-0.4, -0.2) is 78.4 Å². The van der Waals surface area contributed by atoms with Crippen molar-refractivity contribution in [1.82, 2.24) is 25.1 Å². The first-order valence-electron chi connectivity index (χ1n) is 10.9. The molecule has 2 aromatic carbocycles. The first-order valence-corrected chi connectivity index (χ1v) is 11.2. The molecule has 1 fully saturated rings. The third-order valence-corrected chi connectivity index (χ3v) is 5.51. The molecule has 0 bridgehead atoms. The van der Waals surface area contributed by atoms with E-state index in [9.17, 15) is 0 Å². The molecule has 34 heavy (non-hydrogen) atoms. The molecule has 180 valence electrons. The van der Waals surface area contributed by atoms with Crippen LogP contribution in [0, 0.1) is 0 Å². The van der Waals surface area contributed by atoms with Gasteiger partial charge in [-0.15, -0.1) is 0 Å². The number of para-hydroxylation sites is 2. The zero-order chi connectivity index (χ0) is 24.3. The number of rotatable bonds is 6. The molecule has 0 amide bonds. The highest BCUT2D eigenvalue weighted by atomic mass is 35.5. The van der Waals surface area contributed by atoms with Crippen molar-refractivity contribution in [3.05, 3.63) is 53.6 Å². The highest BCUT2D eigenvalue weighted by molar-refractivity contribution is 6.32. The summed E-state index contributed by atoms with van der Waals surface area (Å²) in [5.41, 5.74) is 8.95. The van der Waals surface area contributed by atoms with Crippen LogP contribution in [-0.2, 0) is 9.53 Å². The van der Waals surface area contributed by atoms with E-state index in [2.05, 4.69) is 30.8 Å². The van der Waals surface area contributed by atoms with E-state index < -0.39 is 0 Å². The van der Waals surface area contributed by atoms with Crippen LogP contribution in [0.5, 0.6) is 5.75 Å². The number of carbonyl (C=O) groups is 1. The Labute approximate surface area is 203 Å². The number of nitrogens with two attached hydrogens (primary N) is 1. The summed E-state index contributed by atoms with van der Waals surface area (Å²) in [5, 5.41) is 8.05. The average molecular weight is 485 g/mol. The minimum absolute atomic E-state index is 0.572. The summed E-state index contributed by atoms with van der Waals surface area (Å²) in [6, 6.07) is 15.6. The fourth-order valence-electron chi connectivity index (χ4n) is 3.56. The van der Waals surface area contributed by atoms with Gasteiger partial charge in [-0.05, 0) is 43.4 Å². The van der Waals surface area contributed by atoms with Crippen molar-refractivity contribution in [1.29, 1.82) is 0 Å². The Morgan fingerprint density at radius 3 is 2.65 bits per heavy atom. The molecule has 0 saturated carbocycles. The van der Waals surface area contributed by atoms with Crippen LogP contribution in [0.1, 0.15) is 0 Å². The van der Waals surface area contributed by atoms with Crippen molar-refractivity contribution in [2.24, 2.45) is 5.73 Å². The highest BCUT2D eigenvalue weighted by Crippen LogP contribution is 2.31. The minimum Gasteiger partial charge on any atom is -0.491 e. The normalized spacial score (nSPS) is 13.5. The molecule has 1 aliphatic rings. The van der Waals surface area contributed by atoms with E-state index in [1.54, 1.807) is 0 Å². The Morgan fingerprint density at radius 1 is 1.15 bits per heavy atom. The smallest absolute Gasteiger partial charge is 0.156 e. The zero-order valence-electron chi connectivity index (χ0n) is 19.1. The Morgan fingerprint density at radius 2 is 1.91 bits per heavy atom. The minimum atomic E-state index is 0.572. The van der Waals surface area contributed by atoms with E-state index in [0.29, 0.717) is 17.4 Å². The second-order valence-electron chi connectivity index (χ2n) is 7.22. The molecule has 5 rings (SSSR count). The summed E-state index contributed by atoms with van der Waals surface area (Å²) in [7, 11) is 1.50. The molecule has 0 radical (unpaired) electrons. The molecular formula is C24H29ClN6O3. The van der Waals surface area contributed by atoms with Crippen LogP contribution in [0.15, 0.2) is 48.5 Å². The Balaban J connectivity index is 0.000000771. The molecule has 10 heteroatoms. The molecule has 0 unspecified atom stereocenters. The van der Waals surface area contributed by atoms with Gasteiger partial charge >= 0.3 is 0 Å². The molecule has 1 saturated heterocycles.